The van der Waals surface area contributed by atoms with Crippen LogP contribution in [0.2, 0.25) is 0 Å². The highest BCUT2D eigenvalue weighted by Gasteiger charge is 2.33. The number of hydrogen-bond donors (Lipinski definition) is 1. The number of nitrogens with zero attached hydrogens (tertiary/aromatic N) is 2. The number of amides is 2. The summed E-state index contributed by atoms with van der Waals surface area (Å²) in [7, 11) is 5.80. The molecule has 1 aromatic carbocycles. The fourth-order valence-corrected chi connectivity index (χ4v) is 3.01. The molecule has 24 heavy (non-hydrogen) atoms. The lowest BCUT2D eigenvalue weighted by Crippen LogP contribution is -2.40. The van der Waals surface area contributed by atoms with Gasteiger partial charge in [-0.15, -0.1) is 0 Å². The van der Waals surface area contributed by atoms with Crippen molar-refractivity contribution in [2.24, 2.45) is 11.3 Å². The van der Waals surface area contributed by atoms with Gasteiger partial charge < -0.3 is 15.1 Å². The molecule has 0 radical (unpaired) electrons. The number of carbonyl (C=O) groups is 2. The van der Waals surface area contributed by atoms with E-state index in [1.165, 1.54) is 0 Å². The summed E-state index contributed by atoms with van der Waals surface area (Å²) in [6.07, 6.45) is 1.91. The molecule has 2 rings (SSSR count). The highest BCUT2D eigenvalue weighted by Crippen LogP contribution is 2.33. The van der Waals surface area contributed by atoms with Crippen LogP contribution in [0.1, 0.15) is 37.0 Å². The summed E-state index contributed by atoms with van der Waals surface area (Å²) < 4.78 is 0. The van der Waals surface area contributed by atoms with Gasteiger partial charge in [0.05, 0.1) is 11.3 Å². The minimum atomic E-state index is -0.132. The van der Waals surface area contributed by atoms with Crippen LogP contribution in [0.4, 0.5) is 5.69 Å². The van der Waals surface area contributed by atoms with Crippen LogP contribution in [0.25, 0.3) is 0 Å². The molecule has 0 heterocycles. The van der Waals surface area contributed by atoms with Crippen LogP contribution >= 0.6 is 0 Å². The maximum absolute atomic E-state index is 12.6. The summed E-state index contributed by atoms with van der Waals surface area (Å²) in [5.41, 5.74) is 1.20. The molecule has 0 bridgehead atoms. The summed E-state index contributed by atoms with van der Waals surface area (Å²) in [4.78, 5) is 28.7. The van der Waals surface area contributed by atoms with Gasteiger partial charge in [-0.25, -0.2) is 0 Å². The van der Waals surface area contributed by atoms with Crippen LogP contribution < -0.4 is 10.2 Å². The molecule has 0 spiro atoms. The fraction of sp³-hybridized carbons (Fsp3) is 0.579. The van der Waals surface area contributed by atoms with Gasteiger partial charge in [0.25, 0.3) is 5.91 Å². The monoisotopic (exact) mass is 331 g/mol. The molecule has 0 atom stereocenters. The third-order valence-corrected chi connectivity index (χ3v) is 4.24. The highest BCUT2D eigenvalue weighted by molar-refractivity contribution is 6.05. The molecule has 0 unspecified atom stereocenters. The zero-order valence-electron chi connectivity index (χ0n) is 15.4. The van der Waals surface area contributed by atoms with Crippen molar-refractivity contribution >= 4 is 17.5 Å². The number of nitrogens with one attached hydrogen (secondary N) is 1. The maximum atomic E-state index is 12.6. The average molecular weight is 331 g/mol. The average Bonchev–Trinajstić information content (AvgIpc) is 3.35. The molecule has 0 aromatic heterocycles. The van der Waals surface area contributed by atoms with E-state index < -0.39 is 0 Å². The van der Waals surface area contributed by atoms with Crippen LogP contribution in [0.3, 0.4) is 0 Å². The predicted octanol–water partition coefficient (Wildman–Crippen LogP) is 2.38. The third kappa shape index (κ3) is 4.81. The Balaban J connectivity index is 2.08. The molecule has 0 saturated heterocycles. The van der Waals surface area contributed by atoms with Crippen molar-refractivity contribution in [3.05, 3.63) is 29.8 Å². The lowest BCUT2D eigenvalue weighted by atomic mass is 9.93. The van der Waals surface area contributed by atoms with E-state index in [4.69, 9.17) is 0 Å². The lowest BCUT2D eigenvalue weighted by Gasteiger charge is -2.28. The summed E-state index contributed by atoms with van der Waals surface area (Å²) in [5.74, 6) is 0.0983. The normalized spacial score (nSPS) is 14.6. The molecule has 1 fully saturated rings. The SMILES string of the molecule is CN(C)CC(C)(C)CNC(=O)c1ccccc1N(C)C(=O)C1CC1. The van der Waals surface area contributed by atoms with E-state index in [1.807, 2.05) is 32.3 Å². The molecule has 1 aliphatic carbocycles. The fourth-order valence-electron chi connectivity index (χ4n) is 3.01. The predicted molar refractivity (Wildman–Crippen MR) is 97.2 cm³/mol. The van der Waals surface area contributed by atoms with Crippen molar-refractivity contribution in [3.8, 4) is 0 Å². The third-order valence-electron chi connectivity index (χ3n) is 4.24. The van der Waals surface area contributed by atoms with Gasteiger partial charge in [-0.2, -0.15) is 0 Å². The Hall–Kier alpha value is -1.88. The van der Waals surface area contributed by atoms with Crippen molar-refractivity contribution in [2.45, 2.75) is 26.7 Å². The molecule has 132 valence electrons. The van der Waals surface area contributed by atoms with Crippen molar-refractivity contribution in [3.63, 3.8) is 0 Å². The first-order valence-electron chi connectivity index (χ1n) is 8.51. The maximum Gasteiger partial charge on any atom is 0.253 e. The minimum Gasteiger partial charge on any atom is -0.351 e. The number of anilines is 1. The van der Waals surface area contributed by atoms with Crippen LogP contribution in [0.5, 0.6) is 0 Å². The highest BCUT2D eigenvalue weighted by atomic mass is 16.2. The molecule has 1 saturated carbocycles. The smallest absolute Gasteiger partial charge is 0.253 e. The summed E-state index contributed by atoms with van der Waals surface area (Å²) >= 11 is 0. The minimum absolute atomic E-state index is 0.0240. The zero-order valence-corrected chi connectivity index (χ0v) is 15.4. The van der Waals surface area contributed by atoms with Crippen LogP contribution in [-0.2, 0) is 4.79 Å². The standard InChI is InChI=1S/C19H29N3O2/c1-19(2,13-21(3)4)12-20-17(23)15-8-6-7-9-16(15)22(5)18(24)14-10-11-14/h6-9,14H,10-13H2,1-5H3,(H,20,23). The molecule has 1 aromatic rings. The van der Waals surface area contributed by atoms with Gasteiger partial charge in [0.15, 0.2) is 0 Å². The van der Waals surface area contributed by atoms with Gasteiger partial charge in [-0.3, -0.25) is 9.59 Å². The Morgan fingerprint density at radius 3 is 2.38 bits per heavy atom. The number of para-hydroxylation sites is 1. The molecular weight excluding hydrogens is 302 g/mol. The Bertz CT molecular complexity index is 606. The van der Waals surface area contributed by atoms with Crippen LogP contribution in [-0.4, -0.2) is 50.9 Å². The van der Waals surface area contributed by atoms with Crippen molar-refractivity contribution in [2.75, 3.05) is 39.1 Å². The topological polar surface area (TPSA) is 52.7 Å². The van der Waals surface area contributed by atoms with Crippen molar-refractivity contribution in [1.29, 1.82) is 0 Å². The van der Waals surface area contributed by atoms with Gasteiger partial charge in [0, 0.05) is 26.1 Å². The van der Waals surface area contributed by atoms with Gasteiger partial charge in [-0.05, 0) is 44.5 Å². The number of carbonyl (C=O) groups excluding carboxylic acids is 2. The number of benzene rings is 1. The quantitative estimate of drug-likeness (QED) is 0.834. The largest absolute Gasteiger partial charge is 0.351 e. The summed E-state index contributed by atoms with van der Waals surface area (Å²) in [5, 5.41) is 3.02. The van der Waals surface area contributed by atoms with E-state index >= 15 is 0 Å². The lowest BCUT2D eigenvalue weighted by molar-refractivity contribution is -0.119. The summed E-state index contributed by atoms with van der Waals surface area (Å²) in [6, 6.07) is 7.30. The summed E-state index contributed by atoms with van der Waals surface area (Å²) in [6.45, 7) is 5.72. The molecule has 2 amide bonds. The van der Waals surface area contributed by atoms with E-state index in [2.05, 4.69) is 24.1 Å². The Labute approximate surface area is 145 Å². The number of rotatable bonds is 7. The molecule has 1 aliphatic rings. The van der Waals surface area contributed by atoms with E-state index in [1.54, 1.807) is 18.0 Å². The Morgan fingerprint density at radius 2 is 1.79 bits per heavy atom. The van der Waals surface area contributed by atoms with Crippen molar-refractivity contribution in [1.82, 2.24) is 10.2 Å². The van der Waals surface area contributed by atoms with E-state index in [0.717, 1.165) is 19.4 Å². The molecule has 1 N–H and O–H groups in total. The van der Waals surface area contributed by atoms with Gasteiger partial charge in [-0.1, -0.05) is 26.0 Å². The first kappa shape index (κ1) is 18.5. The second kappa shape index (κ2) is 7.34. The first-order chi connectivity index (χ1) is 11.2. The molecule has 5 heteroatoms. The van der Waals surface area contributed by atoms with Crippen LogP contribution in [0.15, 0.2) is 24.3 Å². The van der Waals surface area contributed by atoms with Gasteiger partial charge >= 0.3 is 0 Å². The Morgan fingerprint density at radius 1 is 1.17 bits per heavy atom. The Kier molecular flexibility index (Phi) is 5.65. The molecule has 0 aliphatic heterocycles. The van der Waals surface area contributed by atoms with E-state index in [9.17, 15) is 9.59 Å². The van der Waals surface area contributed by atoms with E-state index in [-0.39, 0.29) is 23.1 Å². The molecular formula is C19H29N3O2. The number of hydrogen-bond acceptors (Lipinski definition) is 3. The van der Waals surface area contributed by atoms with Gasteiger partial charge in [0.2, 0.25) is 5.91 Å². The second-order valence-electron chi connectivity index (χ2n) is 7.77. The van der Waals surface area contributed by atoms with Crippen molar-refractivity contribution < 1.29 is 9.59 Å². The molecule has 5 nitrogen and oxygen atoms in total. The van der Waals surface area contributed by atoms with Gasteiger partial charge in [0.1, 0.15) is 0 Å². The first-order valence-corrected chi connectivity index (χ1v) is 8.51. The van der Waals surface area contributed by atoms with E-state index in [0.29, 0.717) is 17.8 Å². The second-order valence-corrected chi connectivity index (χ2v) is 7.77. The van der Waals surface area contributed by atoms with Crippen LogP contribution in [0, 0.1) is 11.3 Å². The zero-order chi connectivity index (χ0) is 17.9.